The predicted octanol–water partition coefficient (Wildman–Crippen LogP) is 3.45. The second-order valence-corrected chi connectivity index (χ2v) is 6.99. The third-order valence-electron chi connectivity index (χ3n) is 0.574. The van der Waals surface area contributed by atoms with Gasteiger partial charge in [0.05, 0.1) is 0 Å². The van der Waals surface area contributed by atoms with Gasteiger partial charge in [-0.3, -0.25) is 4.57 Å². The highest BCUT2D eigenvalue weighted by Gasteiger charge is 2.08. The summed E-state index contributed by atoms with van der Waals surface area (Å²) in [6.45, 7) is 0. The molecule has 9 heavy (non-hydrogen) atoms. The summed E-state index contributed by atoms with van der Waals surface area (Å²) in [7, 11) is 0. The van der Waals surface area contributed by atoms with Gasteiger partial charge in [-0.05, 0) is 22.5 Å². The van der Waals surface area contributed by atoms with E-state index < -0.39 is 5.85 Å². The van der Waals surface area contributed by atoms with Crippen LogP contribution < -0.4 is 0 Å². The van der Waals surface area contributed by atoms with Gasteiger partial charge < -0.3 is 0 Å². The van der Waals surface area contributed by atoms with Crippen LogP contribution in [0.1, 0.15) is 0 Å². The lowest BCUT2D eigenvalue weighted by Gasteiger charge is -1.92. The summed E-state index contributed by atoms with van der Waals surface area (Å²) in [6, 6.07) is 0. The van der Waals surface area contributed by atoms with Crippen LogP contribution in [0.3, 0.4) is 0 Å². The molecule has 0 unspecified atom stereocenters. The minimum atomic E-state index is -2.90. The summed E-state index contributed by atoms with van der Waals surface area (Å²) in [4.78, 5) is 0. The molecule has 0 amide bonds. The van der Waals surface area contributed by atoms with Crippen molar-refractivity contribution in [2.75, 3.05) is 12.0 Å². The summed E-state index contributed by atoms with van der Waals surface area (Å²) >= 11 is 15.7. The first-order valence-electron chi connectivity index (χ1n) is 2.25. The lowest BCUT2D eigenvalue weighted by molar-refractivity contribution is 0.594. The largest absolute Gasteiger partial charge is 0.289 e. The molecule has 0 bridgehead atoms. The molecule has 0 fully saturated rings. The Morgan fingerprint density at radius 2 is 1.89 bits per heavy atom. The molecular weight excluding hydrogens is 201 g/mol. The van der Waals surface area contributed by atoms with Crippen molar-refractivity contribution in [3.8, 4) is 0 Å². The second-order valence-electron chi connectivity index (χ2n) is 1.38. The monoisotopic (exact) mass is 206 g/mol. The molecule has 0 aliphatic rings. The molecule has 0 aliphatic carbocycles. The predicted molar refractivity (Wildman–Crippen MR) is 44.0 cm³/mol. The van der Waals surface area contributed by atoms with Crippen LogP contribution in [-0.2, 0) is 4.57 Å². The van der Waals surface area contributed by atoms with Crippen molar-refractivity contribution in [1.82, 2.24) is 0 Å². The Balaban J connectivity index is 3.51. The summed E-state index contributed by atoms with van der Waals surface area (Å²) in [6.07, 6.45) is 3.45. The summed E-state index contributed by atoms with van der Waals surface area (Å²) in [5, 5.41) is 0. The number of alkyl halides is 1. The fraction of sp³-hybridized carbons (Fsp3) is 0.500. The van der Waals surface area contributed by atoms with Gasteiger partial charge >= 0.3 is 0 Å². The molecule has 0 aromatic rings. The van der Waals surface area contributed by atoms with Crippen LogP contribution in [0.15, 0.2) is 12.2 Å². The average Bonchev–Trinajstić information content (AvgIpc) is 1.63. The van der Waals surface area contributed by atoms with Crippen molar-refractivity contribution >= 4 is 39.9 Å². The number of hydrogen-bond acceptors (Lipinski definition) is 1. The van der Waals surface area contributed by atoms with Crippen LogP contribution in [0.2, 0.25) is 0 Å². The smallest absolute Gasteiger partial charge is 0.256 e. The molecule has 0 saturated heterocycles. The van der Waals surface area contributed by atoms with E-state index >= 15 is 0 Å². The van der Waals surface area contributed by atoms with Gasteiger partial charge in [-0.2, -0.15) is 0 Å². The molecule has 0 aromatic carbocycles. The minimum absolute atomic E-state index is 0.197. The zero-order chi connectivity index (χ0) is 7.33. The molecule has 0 N–H and O–H groups in total. The van der Waals surface area contributed by atoms with E-state index in [-0.39, 0.29) is 6.16 Å². The van der Waals surface area contributed by atoms with Gasteiger partial charge in [0.2, 0.25) is 0 Å². The molecule has 1 nitrogen and oxygen atoms in total. The first-order chi connectivity index (χ1) is 4.06. The summed E-state index contributed by atoms with van der Waals surface area (Å²) in [5.74, 6) is -2.50. The second kappa shape index (κ2) is 4.62. The van der Waals surface area contributed by atoms with Crippen LogP contribution in [-0.4, -0.2) is 12.0 Å². The molecule has 0 heterocycles. The Kier molecular flexibility index (Phi) is 5.06. The molecule has 0 radical (unpaired) electrons. The van der Waals surface area contributed by atoms with E-state index in [1.807, 2.05) is 0 Å². The van der Waals surface area contributed by atoms with Crippen molar-refractivity contribution in [3.63, 3.8) is 0 Å². The van der Waals surface area contributed by atoms with Crippen molar-refractivity contribution in [2.45, 2.75) is 0 Å². The van der Waals surface area contributed by atoms with Crippen LogP contribution in [0.5, 0.6) is 0 Å². The highest BCUT2D eigenvalue weighted by Crippen LogP contribution is 2.56. The maximum absolute atomic E-state index is 10.5. The summed E-state index contributed by atoms with van der Waals surface area (Å²) in [5.41, 5.74) is 0. The minimum Gasteiger partial charge on any atom is -0.289 e. The Morgan fingerprint density at radius 3 is 2.22 bits per heavy atom. The zero-order valence-corrected chi connectivity index (χ0v) is 7.72. The van der Waals surface area contributed by atoms with Gasteiger partial charge in [0.1, 0.15) is 0 Å². The molecule has 54 valence electrons. The lowest BCUT2D eigenvalue weighted by Crippen LogP contribution is -1.69. The van der Waals surface area contributed by atoms with Crippen LogP contribution in [0, 0.1) is 0 Å². The van der Waals surface area contributed by atoms with Crippen molar-refractivity contribution < 1.29 is 4.57 Å². The normalized spacial score (nSPS) is 12.8. The Labute approximate surface area is 68.9 Å². The standard InChI is InChI=1S/C4H6Cl3OP/c5-3-1-2-4-9(6,7)8/h1-2H,3-4H2/b2-1+. The van der Waals surface area contributed by atoms with Gasteiger partial charge in [-0.15, -0.1) is 11.6 Å². The van der Waals surface area contributed by atoms with Crippen LogP contribution >= 0.6 is 39.9 Å². The molecule has 0 rings (SSSR count). The van der Waals surface area contributed by atoms with E-state index in [0.717, 1.165) is 0 Å². The topological polar surface area (TPSA) is 17.1 Å². The van der Waals surface area contributed by atoms with Gasteiger partial charge in [-0.1, -0.05) is 12.2 Å². The van der Waals surface area contributed by atoms with Gasteiger partial charge in [0.25, 0.3) is 5.85 Å². The van der Waals surface area contributed by atoms with Crippen molar-refractivity contribution in [3.05, 3.63) is 12.2 Å². The number of allylic oxidation sites excluding steroid dienone is 2. The van der Waals surface area contributed by atoms with E-state index in [9.17, 15) is 4.57 Å². The molecule has 0 atom stereocenters. The van der Waals surface area contributed by atoms with E-state index in [0.29, 0.717) is 5.88 Å². The van der Waals surface area contributed by atoms with Gasteiger partial charge in [0, 0.05) is 12.0 Å². The van der Waals surface area contributed by atoms with Crippen LogP contribution in [0.25, 0.3) is 0 Å². The highest BCUT2D eigenvalue weighted by atomic mass is 35.9. The zero-order valence-electron chi connectivity index (χ0n) is 4.56. The molecule has 0 aliphatic heterocycles. The van der Waals surface area contributed by atoms with Crippen molar-refractivity contribution in [1.29, 1.82) is 0 Å². The quantitative estimate of drug-likeness (QED) is 0.393. The van der Waals surface area contributed by atoms with Crippen molar-refractivity contribution in [2.24, 2.45) is 0 Å². The molecule has 0 aromatic heterocycles. The highest BCUT2D eigenvalue weighted by molar-refractivity contribution is 8.08. The van der Waals surface area contributed by atoms with E-state index in [2.05, 4.69) is 0 Å². The third kappa shape index (κ3) is 8.84. The average molecular weight is 207 g/mol. The third-order valence-corrected chi connectivity index (χ3v) is 2.22. The summed E-state index contributed by atoms with van der Waals surface area (Å²) < 4.78 is 10.5. The molecular formula is C4H6Cl3OP. The Morgan fingerprint density at radius 1 is 1.33 bits per heavy atom. The van der Waals surface area contributed by atoms with E-state index in [4.69, 9.17) is 34.1 Å². The molecule has 0 spiro atoms. The molecule has 0 saturated carbocycles. The number of hydrogen-bond donors (Lipinski definition) is 0. The first kappa shape index (κ1) is 9.84. The van der Waals surface area contributed by atoms with Gasteiger partial charge in [-0.25, -0.2) is 0 Å². The van der Waals surface area contributed by atoms with E-state index in [1.54, 1.807) is 12.2 Å². The van der Waals surface area contributed by atoms with Crippen LogP contribution in [0.4, 0.5) is 0 Å². The maximum Gasteiger partial charge on any atom is 0.256 e. The number of rotatable bonds is 3. The SMILES string of the molecule is O=P(Cl)(Cl)C/C=C/CCl. The fourth-order valence-corrected chi connectivity index (χ4v) is 1.26. The number of halogens is 3. The lowest BCUT2D eigenvalue weighted by atomic mass is 10.6. The Hall–Kier alpha value is 0.840. The maximum atomic E-state index is 10.5. The fourth-order valence-electron chi connectivity index (χ4n) is 0.260. The Bertz CT molecular complexity index is 139. The van der Waals surface area contributed by atoms with Gasteiger partial charge in [0.15, 0.2) is 0 Å². The van der Waals surface area contributed by atoms with E-state index in [1.165, 1.54) is 0 Å². The first-order valence-corrected chi connectivity index (χ1v) is 6.49. The molecule has 5 heteroatoms.